The number of nitrogens with zero attached hydrogens (tertiary/aromatic N) is 2. The van der Waals surface area contributed by atoms with Crippen molar-refractivity contribution in [3.8, 4) is 44.5 Å². The Balaban J connectivity index is 1.44. The quantitative estimate of drug-likeness (QED) is 0.154. The normalized spacial score (nSPS) is 15.4. The summed E-state index contributed by atoms with van der Waals surface area (Å²) in [6.45, 7) is 4.74. The van der Waals surface area contributed by atoms with Crippen molar-refractivity contribution in [3.05, 3.63) is 222 Å². The van der Waals surface area contributed by atoms with Crippen LogP contribution in [0.1, 0.15) is 42.8 Å². The molecular weight excluding hydrogens is 806 g/mol. The summed E-state index contributed by atoms with van der Waals surface area (Å²) >= 11 is 14.1. The summed E-state index contributed by atoms with van der Waals surface area (Å²) in [6.07, 6.45) is 0. The first-order valence-corrected chi connectivity index (χ1v) is 21.4. The van der Waals surface area contributed by atoms with Gasteiger partial charge in [0.15, 0.2) is 0 Å². The van der Waals surface area contributed by atoms with Crippen LogP contribution in [0, 0.1) is 0 Å². The van der Waals surface area contributed by atoms with Gasteiger partial charge in [-0.1, -0.05) is 214 Å². The zero-order valence-electron chi connectivity index (χ0n) is 46.4. The van der Waals surface area contributed by atoms with Crippen LogP contribution in [0.3, 0.4) is 0 Å². The Morgan fingerprint density at radius 3 is 1.10 bits per heavy atom. The topological polar surface area (TPSA) is 6.48 Å². The van der Waals surface area contributed by atoms with Gasteiger partial charge in [0.2, 0.25) is 0 Å². The first-order valence-electron chi connectivity index (χ1n) is 26.6. The van der Waals surface area contributed by atoms with Crippen LogP contribution in [0.2, 0.25) is 10.0 Å². The van der Waals surface area contributed by atoms with E-state index in [1.54, 1.807) is 107 Å². The van der Waals surface area contributed by atoms with E-state index in [2.05, 4.69) is 0 Å². The van der Waals surface area contributed by atoms with Gasteiger partial charge in [0.1, 0.15) is 0 Å². The molecule has 0 N–H and O–H groups in total. The Morgan fingerprint density at radius 1 is 0.444 bits per heavy atom. The van der Waals surface area contributed by atoms with Gasteiger partial charge in [0.25, 0.3) is 6.71 Å². The van der Waals surface area contributed by atoms with E-state index in [4.69, 9.17) is 23.2 Å². The maximum Gasteiger partial charge on any atom is 0.252 e. The molecule has 0 radical (unpaired) electrons. The van der Waals surface area contributed by atoms with Crippen molar-refractivity contribution in [2.75, 3.05) is 9.80 Å². The minimum atomic E-state index is -1.29. The summed E-state index contributed by atoms with van der Waals surface area (Å²) in [5, 5.41) is -0.722. The zero-order chi connectivity index (χ0) is 53.3. The third kappa shape index (κ3) is 6.66. The predicted octanol–water partition coefficient (Wildman–Crippen LogP) is 15.0. The van der Waals surface area contributed by atoms with Crippen molar-refractivity contribution in [2.45, 2.75) is 26.2 Å². The molecule has 11 rings (SSSR count). The second kappa shape index (κ2) is 15.5. The summed E-state index contributed by atoms with van der Waals surface area (Å²) in [5.74, 6) is 0. The maximum atomic E-state index is 10.1. The SMILES string of the molecule is [2H]c1c([2H])c(-c2ccccc2)c(N2c3cc(C(C)(C)C)cc4c3B(c3c([2H])c([2H])c(Cl)c([2H])c32)c2c([2H])c([2H])c(Cl)c([2H])c2N4c2c(-c3ccccc3)c([2H])c([2H])c([2H])c2-c2ccccc2)c(-c2ccccc2)c1[2H]. The van der Waals surface area contributed by atoms with E-state index in [9.17, 15) is 16.4 Å². The molecule has 0 aromatic heterocycles. The fourth-order valence-electron chi connectivity index (χ4n) is 8.90. The van der Waals surface area contributed by atoms with E-state index in [1.165, 1.54) is 0 Å². The number of hydrogen-bond acceptors (Lipinski definition) is 2. The fraction of sp³-hybridized carbons (Fsp3) is 0.0690. The van der Waals surface area contributed by atoms with E-state index in [0.717, 1.165) is 0 Å². The minimum Gasteiger partial charge on any atom is -0.310 e. The molecule has 2 nitrogen and oxygen atoms in total. The number of para-hydroxylation sites is 2. The summed E-state index contributed by atoms with van der Waals surface area (Å²) in [6, 6.07) is 35.4. The van der Waals surface area contributed by atoms with Crippen LogP contribution in [0.25, 0.3) is 44.5 Å². The Labute approximate surface area is 397 Å². The molecule has 2 aliphatic heterocycles. The average molecular weight is 862 g/mol. The van der Waals surface area contributed by atoms with Crippen LogP contribution in [-0.2, 0) is 5.41 Å². The summed E-state index contributed by atoms with van der Waals surface area (Å²) in [7, 11) is 0. The third-order valence-electron chi connectivity index (χ3n) is 11.8. The first-order chi connectivity index (χ1) is 35.8. The molecule has 0 unspecified atom stereocenters. The van der Waals surface area contributed by atoms with E-state index in [-0.39, 0.29) is 114 Å². The van der Waals surface area contributed by atoms with Gasteiger partial charge in [0.05, 0.1) is 27.8 Å². The van der Waals surface area contributed by atoms with Gasteiger partial charge in [-0.15, -0.1) is 0 Å². The Morgan fingerprint density at radius 2 is 0.778 bits per heavy atom. The van der Waals surface area contributed by atoms with Crippen molar-refractivity contribution < 1.29 is 16.4 Å². The standard InChI is InChI=1S/C58H43BCl2N2/c1-58(2,3)42-34-53-55-54(35-42)63(57-47(40-22-12-6-13-23-40)28-17-29-48(57)41-24-14-7-15-25-41)52-37-44(61)31-33-50(52)59(55)49-32-30-43(60)36-51(49)62(53)56-45(38-18-8-4-9-19-38)26-16-27-46(56)39-20-10-5-11-21-39/h4-37H,1-3H3/i16D,17D,26D,27D,28D,29D,30D,31D,32D,33D,36D,37D. The molecule has 63 heavy (non-hydrogen) atoms. The molecule has 0 bridgehead atoms. The fourth-order valence-corrected chi connectivity index (χ4v) is 9.17. The molecule has 5 heteroatoms. The molecule has 0 aliphatic carbocycles. The van der Waals surface area contributed by atoms with Crippen molar-refractivity contribution in [2.24, 2.45) is 0 Å². The van der Waals surface area contributed by atoms with Gasteiger partial charge in [-0.25, -0.2) is 0 Å². The van der Waals surface area contributed by atoms with E-state index in [1.807, 2.05) is 57.2 Å². The van der Waals surface area contributed by atoms with E-state index >= 15 is 0 Å². The highest BCUT2D eigenvalue weighted by Crippen LogP contribution is 2.53. The van der Waals surface area contributed by atoms with Crippen LogP contribution in [0.4, 0.5) is 34.1 Å². The molecular formula is C58H43BCl2N2. The number of halogens is 2. The smallest absolute Gasteiger partial charge is 0.252 e. The van der Waals surface area contributed by atoms with E-state index in [0.29, 0.717) is 44.7 Å². The monoisotopic (exact) mass is 860 g/mol. The Kier molecular flexibility index (Phi) is 6.91. The highest BCUT2D eigenvalue weighted by Gasteiger charge is 2.45. The van der Waals surface area contributed by atoms with Crippen molar-refractivity contribution in [1.82, 2.24) is 0 Å². The molecule has 0 saturated heterocycles. The maximum absolute atomic E-state index is 10.1. The van der Waals surface area contributed by atoms with Gasteiger partial charge in [-0.2, -0.15) is 0 Å². The minimum absolute atomic E-state index is 0.0105. The van der Waals surface area contributed by atoms with Crippen molar-refractivity contribution in [3.63, 3.8) is 0 Å². The second-order valence-corrected chi connectivity index (χ2v) is 17.4. The van der Waals surface area contributed by atoms with Gasteiger partial charge in [0, 0.05) is 55.0 Å². The Hall–Kier alpha value is -6.78. The van der Waals surface area contributed by atoms with Crippen LogP contribution in [-0.4, -0.2) is 6.71 Å². The average Bonchev–Trinajstić information content (AvgIpc) is 3.46. The highest BCUT2D eigenvalue weighted by molar-refractivity contribution is 7.00. The van der Waals surface area contributed by atoms with Crippen LogP contribution >= 0.6 is 23.2 Å². The van der Waals surface area contributed by atoms with Gasteiger partial charge >= 0.3 is 0 Å². The molecule has 0 atom stereocenters. The van der Waals surface area contributed by atoms with Crippen molar-refractivity contribution in [1.29, 1.82) is 0 Å². The molecule has 0 fully saturated rings. The Bertz CT molecular complexity index is 3500. The molecule has 0 amide bonds. The van der Waals surface area contributed by atoms with E-state index < -0.39 is 36.3 Å². The summed E-state index contributed by atoms with van der Waals surface area (Å²) < 4.78 is 117. The number of hydrogen-bond donors (Lipinski definition) is 0. The van der Waals surface area contributed by atoms with Crippen LogP contribution in [0.5, 0.6) is 0 Å². The number of benzene rings is 9. The van der Waals surface area contributed by atoms with Crippen LogP contribution < -0.4 is 26.2 Å². The lowest BCUT2D eigenvalue weighted by Gasteiger charge is -2.46. The number of anilines is 6. The van der Waals surface area contributed by atoms with Gasteiger partial charge < -0.3 is 9.80 Å². The predicted molar refractivity (Wildman–Crippen MR) is 271 cm³/mol. The van der Waals surface area contributed by atoms with Gasteiger partial charge in [-0.3, -0.25) is 0 Å². The lowest BCUT2D eigenvalue weighted by atomic mass is 9.33. The largest absolute Gasteiger partial charge is 0.310 e. The molecule has 0 spiro atoms. The van der Waals surface area contributed by atoms with Crippen LogP contribution in [0.15, 0.2) is 206 Å². The molecule has 9 aromatic carbocycles. The highest BCUT2D eigenvalue weighted by atomic mass is 35.5. The third-order valence-corrected chi connectivity index (χ3v) is 12.2. The number of rotatable bonds is 6. The molecule has 302 valence electrons. The lowest BCUT2D eigenvalue weighted by molar-refractivity contribution is 0.590. The molecule has 2 aliphatic rings. The molecule has 2 heterocycles. The lowest BCUT2D eigenvalue weighted by Crippen LogP contribution is -2.61. The summed E-state index contributed by atoms with van der Waals surface area (Å²) in [4.78, 5) is 3.43. The zero-order valence-corrected chi connectivity index (χ0v) is 35.9. The summed E-state index contributed by atoms with van der Waals surface area (Å²) in [5.41, 5.74) is 4.32. The van der Waals surface area contributed by atoms with Crippen molar-refractivity contribution >= 4 is 80.4 Å². The second-order valence-electron chi connectivity index (χ2n) is 16.6. The molecule has 0 saturated carbocycles. The van der Waals surface area contributed by atoms with Gasteiger partial charge in [-0.05, 0) is 85.9 Å². The first kappa shape index (κ1) is 28.0. The molecule has 9 aromatic rings. The number of fused-ring (bicyclic) bond motifs is 4.